The van der Waals surface area contributed by atoms with Gasteiger partial charge >= 0.3 is 0 Å². The van der Waals surface area contributed by atoms with Crippen LogP contribution in [0.3, 0.4) is 0 Å². The lowest BCUT2D eigenvalue weighted by Gasteiger charge is -2.15. The summed E-state index contributed by atoms with van der Waals surface area (Å²) in [6, 6.07) is 0. The fourth-order valence-corrected chi connectivity index (χ4v) is 1.26. The van der Waals surface area contributed by atoms with Crippen molar-refractivity contribution in [1.82, 2.24) is 0 Å². The fraction of sp³-hybridized carbons (Fsp3) is 0.700. The second-order valence-electron chi connectivity index (χ2n) is 3.07. The molecule has 0 saturated carbocycles. The van der Waals surface area contributed by atoms with Gasteiger partial charge in [-0.1, -0.05) is 6.92 Å². The molecule has 0 amide bonds. The van der Waals surface area contributed by atoms with Crippen molar-refractivity contribution >= 4 is 6.21 Å². The van der Waals surface area contributed by atoms with Crippen LogP contribution in [-0.2, 0) is 4.74 Å². The molecular weight excluding hydrogens is 150 g/mol. The Morgan fingerprint density at radius 1 is 1.67 bits per heavy atom. The van der Waals surface area contributed by atoms with Crippen LogP contribution >= 0.6 is 0 Å². The second-order valence-corrected chi connectivity index (χ2v) is 3.07. The van der Waals surface area contributed by atoms with Crippen molar-refractivity contribution in [3.8, 4) is 0 Å². The standard InChI is InChI=1S/C10H17NO/c1-3-6-11-9(2)10-5-4-7-12-8-10/h6H,3-5,7-8H2,1-2H3/b10-9-,11-6?. The molecule has 0 aliphatic carbocycles. The minimum absolute atomic E-state index is 0.785. The molecule has 1 rings (SSSR count). The van der Waals surface area contributed by atoms with Gasteiger partial charge in [0.1, 0.15) is 0 Å². The molecule has 1 fully saturated rings. The molecule has 0 atom stereocenters. The first-order valence-corrected chi connectivity index (χ1v) is 4.63. The Morgan fingerprint density at radius 2 is 2.50 bits per heavy atom. The number of hydrogen-bond donors (Lipinski definition) is 0. The van der Waals surface area contributed by atoms with Gasteiger partial charge in [-0.15, -0.1) is 0 Å². The van der Waals surface area contributed by atoms with Gasteiger partial charge in [-0.3, -0.25) is 4.99 Å². The van der Waals surface area contributed by atoms with Gasteiger partial charge in [-0.25, -0.2) is 0 Å². The molecule has 68 valence electrons. The van der Waals surface area contributed by atoms with Crippen molar-refractivity contribution < 1.29 is 4.74 Å². The summed E-state index contributed by atoms with van der Waals surface area (Å²) >= 11 is 0. The Balaban J connectivity index is 2.54. The summed E-state index contributed by atoms with van der Waals surface area (Å²) in [5, 5.41) is 0. The molecule has 1 saturated heterocycles. The van der Waals surface area contributed by atoms with Crippen LogP contribution in [0.2, 0.25) is 0 Å². The highest BCUT2D eigenvalue weighted by Crippen LogP contribution is 2.16. The van der Waals surface area contributed by atoms with E-state index < -0.39 is 0 Å². The molecule has 0 N–H and O–H groups in total. The largest absolute Gasteiger partial charge is 0.377 e. The number of aliphatic imine (C=N–C) groups is 1. The Hall–Kier alpha value is -0.630. The summed E-state index contributed by atoms with van der Waals surface area (Å²) in [5.74, 6) is 0. The van der Waals surface area contributed by atoms with Crippen molar-refractivity contribution in [1.29, 1.82) is 0 Å². The number of nitrogens with zero attached hydrogens (tertiary/aromatic N) is 1. The van der Waals surface area contributed by atoms with E-state index in [0.29, 0.717) is 0 Å². The van der Waals surface area contributed by atoms with Crippen LogP contribution in [0, 0.1) is 0 Å². The zero-order valence-electron chi connectivity index (χ0n) is 7.97. The van der Waals surface area contributed by atoms with Crippen LogP contribution < -0.4 is 0 Å². The van der Waals surface area contributed by atoms with E-state index in [4.69, 9.17) is 4.74 Å². The molecule has 1 aliphatic heterocycles. The Kier molecular flexibility index (Phi) is 4.01. The summed E-state index contributed by atoms with van der Waals surface area (Å²) in [7, 11) is 0. The first-order valence-electron chi connectivity index (χ1n) is 4.63. The summed E-state index contributed by atoms with van der Waals surface area (Å²) in [5.41, 5.74) is 2.52. The van der Waals surface area contributed by atoms with E-state index >= 15 is 0 Å². The lowest BCUT2D eigenvalue weighted by atomic mass is 10.1. The van der Waals surface area contributed by atoms with Crippen LogP contribution in [0.5, 0.6) is 0 Å². The predicted molar refractivity (Wildman–Crippen MR) is 51.5 cm³/mol. The van der Waals surface area contributed by atoms with Gasteiger partial charge in [0.15, 0.2) is 0 Å². The van der Waals surface area contributed by atoms with Crippen molar-refractivity contribution in [3.63, 3.8) is 0 Å². The Morgan fingerprint density at radius 3 is 3.08 bits per heavy atom. The summed E-state index contributed by atoms with van der Waals surface area (Å²) in [6.45, 7) is 5.86. The van der Waals surface area contributed by atoms with Crippen LogP contribution in [-0.4, -0.2) is 19.4 Å². The number of rotatable bonds is 2. The quantitative estimate of drug-likeness (QED) is 0.579. The average molecular weight is 167 g/mol. The zero-order chi connectivity index (χ0) is 8.81. The number of ether oxygens (including phenoxy) is 1. The van der Waals surface area contributed by atoms with Gasteiger partial charge in [0.2, 0.25) is 0 Å². The molecule has 0 aromatic heterocycles. The van der Waals surface area contributed by atoms with Gasteiger partial charge in [0, 0.05) is 18.5 Å². The van der Waals surface area contributed by atoms with Crippen LogP contribution in [0.4, 0.5) is 0 Å². The molecule has 1 aliphatic rings. The first kappa shape index (κ1) is 9.46. The van der Waals surface area contributed by atoms with Crippen molar-refractivity contribution in [2.45, 2.75) is 33.1 Å². The fourth-order valence-electron chi connectivity index (χ4n) is 1.26. The lowest BCUT2D eigenvalue weighted by Crippen LogP contribution is -2.09. The highest BCUT2D eigenvalue weighted by atomic mass is 16.5. The van der Waals surface area contributed by atoms with Gasteiger partial charge < -0.3 is 4.74 Å². The average Bonchev–Trinajstić information content (AvgIpc) is 2.15. The Labute approximate surface area is 74.3 Å². The molecule has 0 bridgehead atoms. The van der Waals surface area contributed by atoms with E-state index in [0.717, 1.165) is 38.2 Å². The maximum absolute atomic E-state index is 5.35. The smallest absolute Gasteiger partial charge is 0.0697 e. The van der Waals surface area contributed by atoms with Crippen LogP contribution in [0.15, 0.2) is 16.3 Å². The van der Waals surface area contributed by atoms with E-state index in [9.17, 15) is 0 Å². The highest BCUT2D eigenvalue weighted by molar-refractivity contribution is 5.58. The van der Waals surface area contributed by atoms with Crippen LogP contribution in [0.25, 0.3) is 0 Å². The number of hydrogen-bond acceptors (Lipinski definition) is 2. The maximum Gasteiger partial charge on any atom is 0.0697 e. The minimum Gasteiger partial charge on any atom is -0.377 e. The maximum atomic E-state index is 5.35. The third-order valence-electron chi connectivity index (χ3n) is 2.02. The zero-order valence-corrected chi connectivity index (χ0v) is 7.97. The molecule has 0 spiro atoms. The van der Waals surface area contributed by atoms with Crippen molar-refractivity contribution in [2.24, 2.45) is 4.99 Å². The molecule has 0 unspecified atom stereocenters. The van der Waals surface area contributed by atoms with Crippen LogP contribution in [0.1, 0.15) is 33.1 Å². The van der Waals surface area contributed by atoms with Gasteiger partial charge in [-0.05, 0) is 31.8 Å². The first-order chi connectivity index (χ1) is 5.84. The molecular formula is C10H17NO. The lowest BCUT2D eigenvalue weighted by molar-refractivity contribution is 0.129. The minimum atomic E-state index is 0.785. The topological polar surface area (TPSA) is 21.6 Å². The van der Waals surface area contributed by atoms with Crippen molar-refractivity contribution in [2.75, 3.05) is 13.2 Å². The summed E-state index contributed by atoms with van der Waals surface area (Å²) in [4.78, 5) is 4.34. The number of allylic oxidation sites excluding steroid dienone is 1. The molecule has 2 nitrogen and oxygen atoms in total. The van der Waals surface area contributed by atoms with Gasteiger partial charge in [0.25, 0.3) is 0 Å². The van der Waals surface area contributed by atoms with E-state index in [-0.39, 0.29) is 0 Å². The summed E-state index contributed by atoms with van der Waals surface area (Å²) < 4.78 is 5.35. The monoisotopic (exact) mass is 167 g/mol. The molecule has 0 aromatic carbocycles. The Bertz CT molecular complexity index is 186. The van der Waals surface area contributed by atoms with E-state index in [1.807, 2.05) is 6.21 Å². The van der Waals surface area contributed by atoms with E-state index in [2.05, 4.69) is 18.8 Å². The van der Waals surface area contributed by atoms with Gasteiger partial charge in [-0.2, -0.15) is 0 Å². The second kappa shape index (κ2) is 5.09. The normalized spacial score (nSPS) is 23.2. The molecule has 0 aromatic rings. The third-order valence-corrected chi connectivity index (χ3v) is 2.02. The third kappa shape index (κ3) is 2.78. The molecule has 12 heavy (non-hydrogen) atoms. The van der Waals surface area contributed by atoms with Crippen molar-refractivity contribution in [3.05, 3.63) is 11.3 Å². The van der Waals surface area contributed by atoms with Gasteiger partial charge in [0.05, 0.1) is 6.61 Å². The molecule has 0 radical (unpaired) electrons. The van der Waals surface area contributed by atoms with E-state index in [1.165, 1.54) is 5.57 Å². The molecule has 1 heterocycles. The highest BCUT2D eigenvalue weighted by Gasteiger charge is 2.07. The van der Waals surface area contributed by atoms with E-state index in [1.54, 1.807) is 0 Å². The molecule has 2 heteroatoms. The summed E-state index contributed by atoms with van der Waals surface area (Å²) in [6.07, 6.45) is 5.27. The SMILES string of the molecule is CCC=N/C(C)=C1/CCCOC1. The predicted octanol–water partition coefficient (Wildman–Crippen LogP) is 2.55.